The molecule has 0 aromatic heterocycles. The molecule has 0 bridgehead atoms. The van der Waals surface area contributed by atoms with Crippen LogP contribution in [0, 0.1) is 25.7 Å². The van der Waals surface area contributed by atoms with Crippen LogP contribution in [0.25, 0.3) is 22.6 Å². The number of carbonyl (C=O) groups is 12. The highest BCUT2D eigenvalue weighted by Crippen LogP contribution is 2.35. The third-order valence-corrected chi connectivity index (χ3v) is 18.2. The molecule has 3 aromatic carbocycles. The van der Waals surface area contributed by atoms with Crippen LogP contribution in [0.3, 0.4) is 0 Å². The first kappa shape index (κ1) is 71.6. The summed E-state index contributed by atoms with van der Waals surface area (Å²) in [5, 5.41) is 35.9. The number of phenolic OH excluding ortho intramolecular Hbond substituents is 2. The number of hydrogen-bond acceptors (Lipinski definition) is 20. The summed E-state index contributed by atoms with van der Waals surface area (Å²) in [6.45, 7) is 11.2. The molecule has 9 rings (SSSR count). The molecule has 3 aromatic rings. The summed E-state index contributed by atoms with van der Waals surface area (Å²) in [5.74, 6) is -12.5. The number of nitrogen functional groups attached to an aromatic ring is 1. The monoisotopic (exact) mass is 1350 g/mol. The average Bonchev–Trinajstić information content (AvgIpc) is 0.888. The molecule has 5 aliphatic heterocycles. The van der Waals surface area contributed by atoms with Gasteiger partial charge in [0.25, 0.3) is 11.8 Å². The van der Waals surface area contributed by atoms with Crippen molar-refractivity contribution in [2.24, 2.45) is 11.8 Å². The minimum absolute atomic E-state index is 0.0841. The van der Waals surface area contributed by atoms with Crippen molar-refractivity contribution in [1.82, 2.24) is 56.5 Å². The van der Waals surface area contributed by atoms with Gasteiger partial charge in [0.2, 0.25) is 52.7 Å². The molecule has 10 N–H and O–H groups in total. The molecule has 98 heavy (non-hydrogen) atoms. The zero-order valence-electron chi connectivity index (χ0n) is 56.0. The molecule has 10 amide bonds. The fourth-order valence-electron chi connectivity index (χ4n) is 12.6. The second-order valence-electron chi connectivity index (χ2n) is 26.1. The SMILES string of the molecule is Cc1c2oc3c(C)ccc(C(=O)N[C@@H]4C(=O)N[C@H](C(C)C)C(=O)N5CCC[C@H]5C(=O)N(C)CC(=O)N[C@@H](Cc5ccc(O)cc5)C(=O)O[C@@H]4C)c3nc-2c(C(=O)N[C@@H]2C(=O)N[C@H](C(C)C)C(=O)N3CCC[C@H]3C(=O)N(C)CC(=O)N[C@@H](Cc3ccc(O)cc3)C(=O)O[C@@H]2C)c(N)c1=O. The fraction of sp³-hybridized carbons (Fsp3) is 0.471. The van der Waals surface area contributed by atoms with Gasteiger partial charge < -0.3 is 81.3 Å². The Labute approximate surface area is 563 Å². The molecule has 4 fully saturated rings. The highest BCUT2D eigenvalue weighted by atomic mass is 16.6. The Hall–Kier alpha value is -10.7. The van der Waals surface area contributed by atoms with Crippen LogP contribution in [0.1, 0.15) is 110 Å². The standard InChI is InChI=1S/C68H82N12O18/c1-31(2)50-65(92)79-25-11-13-44(79)63(90)77(9)29-46(83)70-42(27-37-16-20-39(81)21-17-37)67(94)96-35(7)52(61(88)73-50)75-59(86)41-24-15-33(5)57-54(41)72-55-48(49(69)56(85)34(6)58(55)98-57)60(87)76-53-36(8)97-68(95)43(28-38-18-22-40(82)23-19-38)71-47(84)30-78(10)64(91)45-14-12-26-80(45)66(93)51(32(3)4)74-62(53)89/h15-24,31-32,35-36,42-45,50-53,81-82H,11-14,25-30,69H2,1-10H3,(H,70,83)(H,71,84)(H,73,88)(H,74,89)(H,75,86)(H,76,87)/t35-,36-,42+,43+,44+,45+,50-,51-,52+,53+/m1/s1. The molecular weight excluding hydrogens is 1270 g/mol. The Bertz CT molecular complexity index is 4030. The van der Waals surface area contributed by atoms with Gasteiger partial charge in [0.05, 0.1) is 29.9 Å². The first-order chi connectivity index (χ1) is 46.3. The predicted molar refractivity (Wildman–Crippen MR) is 350 cm³/mol. The van der Waals surface area contributed by atoms with E-state index in [1.54, 1.807) is 34.6 Å². The highest BCUT2D eigenvalue weighted by molar-refractivity contribution is 6.10. The van der Waals surface area contributed by atoms with Crippen molar-refractivity contribution in [1.29, 1.82) is 0 Å². The summed E-state index contributed by atoms with van der Waals surface area (Å²) >= 11 is 0. The fourth-order valence-corrected chi connectivity index (χ4v) is 12.6. The lowest BCUT2D eigenvalue weighted by Crippen LogP contribution is -2.61. The normalized spacial score (nSPS) is 24.6. The quantitative estimate of drug-likeness (QED) is 0.0526. The number of nitrogens with two attached hydrogens (primary N) is 1. The molecule has 522 valence electrons. The first-order valence-electron chi connectivity index (χ1n) is 32.4. The molecule has 0 spiro atoms. The molecule has 4 saturated heterocycles. The van der Waals surface area contributed by atoms with Crippen molar-refractivity contribution < 1.29 is 81.6 Å². The van der Waals surface area contributed by atoms with Crippen molar-refractivity contribution in [3.05, 3.63) is 104 Å². The summed E-state index contributed by atoms with van der Waals surface area (Å²) < 4.78 is 18.3. The van der Waals surface area contributed by atoms with Gasteiger partial charge in [-0.2, -0.15) is 0 Å². The number of anilines is 1. The summed E-state index contributed by atoms with van der Waals surface area (Å²) in [6.07, 6.45) is -2.44. The molecule has 10 atom stereocenters. The van der Waals surface area contributed by atoms with Crippen LogP contribution < -0.4 is 43.1 Å². The molecule has 0 saturated carbocycles. The number of aromatic hydroxyl groups is 2. The minimum Gasteiger partial charge on any atom is -0.508 e. The number of phenols is 2. The van der Waals surface area contributed by atoms with Crippen LogP contribution in [0.2, 0.25) is 0 Å². The van der Waals surface area contributed by atoms with Crippen molar-refractivity contribution >= 4 is 87.8 Å². The van der Waals surface area contributed by atoms with E-state index in [2.05, 4.69) is 31.9 Å². The Morgan fingerprint density at radius 3 is 1.47 bits per heavy atom. The van der Waals surface area contributed by atoms with Crippen LogP contribution in [0.5, 0.6) is 11.5 Å². The van der Waals surface area contributed by atoms with Gasteiger partial charge >= 0.3 is 11.9 Å². The number of aromatic nitrogens is 1. The summed E-state index contributed by atoms with van der Waals surface area (Å²) in [6, 6.07) is 2.63. The minimum atomic E-state index is -1.96. The van der Waals surface area contributed by atoms with Gasteiger partial charge in [-0.1, -0.05) is 58.0 Å². The number of carbonyl (C=O) groups excluding carboxylic acids is 12. The Morgan fingerprint density at radius 2 is 1.04 bits per heavy atom. The van der Waals surface area contributed by atoms with Crippen LogP contribution >= 0.6 is 0 Å². The molecular formula is C68H82N12O18. The molecule has 5 heterocycles. The van der Waals surface area contributed by atoms with Gasteiger partial charge in [-0.05, 0) is 112 Å². The molecule has 0 unspecified atom stereocenters. The number of hydrogen-bond donors (Lipinski definition) is 9. The van der Waals surface area contributed by atoms with E-state index in [4.69, 9.17) is 24.6 Å². The topological polar surface area (TPSA) is 418 Å². The number of amides is 10. The van der Waals surface area contributed by atoms with E-state index in [9.17, 15) is 58.2 Å². The van der Waals surface area contributed by atoms with E-state index >= 15 is 14.4 Å². The second-order valence-corrected chi connectivity index (χ2v) is 26.1. The van der Waals surface area contributed by atoms with Gasteiger partial charge in [-0.3, -0.25) is 52.7 Å². The maximum absolute atomic E-state index is 15.3. The number of ether oxygens (including phenoxy) is 2. The highest BCUT2D eigenvalue weighted by Gasteiger charge is 2.46. The zero-order chi connectivity index (χ0) is 71.5. The number of nitrogens with zero attached hydrogens (tertiary/aromatic N) is 5. The molecule has 0 radical (unpaired) electrons. The molecule has 1 aliphatic carbocycles. The number of esters is 2. The van der Waals surface area contributed by atoms with Crippen LogP contribution in [-0.2, 0) is 70.3 Å². The second kappa shape index (κ2) is 29.8. The number of likely N-dealkylation sites (N-methyl/N-ethyl adjacent to an activating group) is 2. The average molecular weight is 1360 g/mol. The van der Waals surface area contributed by atoms with Crippen molar-refractivity contribution in [2.75, 3.05) is 46.0 Å². The third-order valence-electron chi connectivity index (χ3n) is 18.2. The van der Waals surface area contributed by atoms with Gasteiger partial charge in [0.1, 0.15) is 83.3 Å². The zero-order valence-corrected chi connectivity index (χ0v) is 56.0. The lowest BCUT2D eigenvalue weighted by molar-refractivity contribution is -0.156. The number of benzene rings is 4. The van der Waals surface area contributed by atoms with Gasteiger partial charge in [-0.15, -0.1) is 0 Å². The van der Waals surface area contributed by atoms with Gasteiger partial charge in [0, 0.05) is 45.6 Å². The summed E-state index contributed by atoms with van der Waals surface area (Å²) in [7, 11) is 2.75. The lowest BCUT2D eigenvalue weighted by Gasteiger charge is -2.34. The maximum atomic E-state index is 15.3. The van der Waals surface area contributed by atoms with E-state index in [-0.39, 0.29) is 78.3 Å². The van der Waals surface area contributed by atoms with Crippen molar-refractivity contribution in [3.63, 3.8) is 0 Å². The number of nitrogens with one attached hydrogen (secondary N) is 6. The van der Waals surface area contributed by atoms with Crippen LogP contribution in [-0.4, -0.2) is 207 Å². The van der Waals surface area contributed by atoms with Crippen molar-refractivity contribution in [3.8, 4) is 23.0 Å². The lowest BCUT2D eigenvalue weighted by atomic mass is 9.98. The summed E-state index contributed by atoms with van der Waals surface area (Å²) in [4.78, 5) is 198. The Balaban J connectivity index is 1.11. The van der Waals surface area contributed by atoms with E-state index in [1.807, 2.05) is 0 Å². The van der Waals surface area contributed by atoms with E-state index in [1.165, 1.54) is 105 Å². The predicted octanol–water partition coefficient (Wildman–Crippen LogP) is 0.626. The molecule has 6 aliphatic rings. The van der Waals surface area contributed by atoms with Crippen LogP contribution in [0.15, 0.2) is 69.9 Å². The number of rotatable bonds is 10. The van der Waals surface area contributed by atoms with E-state index < -0.39 is 179 Å². The molecule has 30 nitrogen and oxygen atoms in total. The van der Waals surface area contributed by atoms with Crippen molar-refractivity contribution in [2.45, 2.75) is 154 Å². The van der Waals surface area contributed by atoms with Gasteiger partial charge in [-0.25, -0.2) is 14.6 Å². The number of cyclic esters (lactones) is 2. The molecule has 30 heteroatoms. The summed E-state index contributed by atoms with van der Waals surface area (Å²) in [5.41, 5.74) is 4.11. The van der Waals surface area contributed by atoms with E-state index in [0.717, 1.165) is 9.80 Å². The van der Waals surface area contributed by atoms with E-state index in [0.29, 0.717) is 29.5 Å². The third kappa shape index (κ3) is 15.4. The van der Waals surface area contributed by atoms with Gasteiger partial charge in [0.15, 0.2) is 11.3 Å². The maximum Gasteiger partial charge on any atom is 0.329 e. The van der Waals surface area contributed by atoms with Crippen LogP contribution in [0.4, 0.5) is 5.69 Å². The Kier molecular flexibility index (Phi) is 21.7. The first-order valence-corrected chi connectivity index (χ1v) is 32.4. The largest absolute Gasteiger partial charge is 0.508 e. The number of fused-ring (bicyclic) bond motifs is 4. The number of aryl methyl sites for hydroxylation is 1. The smallest absolute Gasteiger partial charge is 0.329 e. The Morgan fingerprint density at radius 1 is 0.612 bits per heavy atom.